The van der Waals surface area contributed by atoms with Crippen molar-refractivity contribution in [3.8, 4) is 0 Å². The molecular weight excluding hydrogens is 300 g/mol. The Morgan fingerprint density at radius 3 is 2.78 bits per heavy atom. The van der Waals surface area contributed by atoms with Crippen molar-refractivity contribution < 1.29 is 9.53 Å². The Morgan fingerprint density at radius 2 is 2.13 bits per heavy atom. The highest BCUT2D eigenvalue weighted by Gasteiger charge is 2.23. The molecule has 8 heteroatoms. The number of methoxy groups -OCH3 is 1. The fourth-order valence-corrected chi connectivity index (χ4v) is 2.18. The average molecular weight is 318 g/mol. The zero-order valence-corrected chi connectivity index (χ0v) is 12.9. The molecule has 8 nitrogen and oxygen atoms in total. The summed E-state index contributed by atoms with van der Waals surface area (Å²) >= 11 is 0. The molecule has 2 aromatic heterocycles. The molecule has 1 unspecified atom stereocenters. The second-order valence-corrected chi connectivity index (χ2v) is 5.02. The molecule has 0 saturated heterocycles. The van der Waals surface area contributed by atoms with Crippen LogP contribution in [-0.4, -0.2) is 46.8 Å². The normalized spacial score (nSPS) is 11.9. The first-order valence-corrected chi connectivity index (χ1v) is 6.99. The third-order valence-corrected chi connectivity index (χ3v) is 3.45. The van der Waals surface area contributed by atoms with Gasteiger partial charge in [0.2, 0.25) is 5.91 Å². The Hall–Kier alpha value is -2.74. The summed E-state index contributed by atoms with van der Waals surface area (Å²) in [4.78, 5) is 41.1. The number of rotatable bonds is 6. The van der Waals surface area contributed by atoms with E-state index in [9.17, 15) is 14.4 Å². The van der Waals surface area contributed by atoms with Crippen LogP contribution in [0.15, 0.2) is 40.1 Å². The molecule has 2 N–H and O–H groups in total. The van der Waals surface area contributed by atoms with Crippen LogP contribution in [0.3, 0.4) is 0 Å². The number of aromatic nitrogens is 3. The van der Waals surface area contributed by atoms with E-state index < -0.39 is 11.1 Å². The number of hydrogen-bond acceptors (Lipinski definition) is 5. The molecule has 2 heterocycles. The monoisotopic (exact) mass is 318 g/mol. The predicted octanol–water partition coefficient (Wildman–Crippen LogP) is -0.153. The van der Waals surface area contributed by atoms with Crippen LogP contribution in [0.5, 0.6) is 0 Å². The maximum atomic E-state index is 12.4. The van der Waals surface area contributed by atoms with E-state index in [1.807, 2.05) is 6.07 Å². The second-order valence-electron chi connectivity index (χ2n) is 5.02. The topological polar surface area (TPSA) is 108 Å². The van der Waals surface area contributed by atoms with Crippen LogP contribution < -0.4 is 11.1 Å². The van der Waals surface area contributed by atoms with Gasteiger partial charge in [-0.3, -0.25) is 29.6 Å². The maximum Gasteiger partial charge on any atom is 0.266 e. The third kappa shape index (κ3) is 4.13. The summed E-state index contributed by atoms with van der Waals surface area (Å²) in [6, 6.07) is 6.15. The van der Waals surface area contributed by atoms with Crippen LogP contribution in [0.2, 0.25) is 0 Å². The first-order valence-electron chi connectivity index (χ1n) is 6.99. The minimum absolute atomic E-state index is 0.114. The number of hydrogen-bond donors (Lipinski definition) is 2. The molecule has 1 atom stereocenters. The molecule has 0 radical (unpaired) electrons. The molecule has 0 aliphatic rings. The first kappa shape index (κ1) is 16.6. The summed E-state index contributed by atoms with van der Waals surface area (Å²) in [5.41, 5.74) is -0.159. The molecular formula is C15H18N4O4. The summed E-state index contributed by atoms with van der Waals surface area (Å²) in [7, 11) is 3.15. The van der Waals surface area contributed by atoms with Crippen molar-refractivity contribution in [2.24, 2.45) is 0 Å². The number of carbonyl (C=O) groups excluding carboxylic acids is 1. The molecule has 0 spiro atoms. The minimum atomic E-state index is -0.493. The van der Waals surface area contributed by atoms with Gasteiger partial charge in [-0.05, 0) is 12.1 Å². The number of ether oxygens (including phenoxy) is 1. The molecule has 2 aromatic rings. The molecule has 0 bridgehead atoms. The predicted molar refractivity (Wildman–Crippen MR) is 83.0 cm³/mol. The summed E-state index contributed by atoms with van der Waals surface area (Å²) in [5.74, 6) is -0.311. The summed E-state index contributed by atoms with van der Waals surface area (Å²) in [6.45, 7) is 0.269. The van der Waals surface area contributed by atoms with E-state index in [1.54, 1.807) is 25.4 Å². The lowest BCUT2D eigenvalue weighted by Crippen LogP contribution is -2.36. The van der Waals surface area contributed by atoms with Gasteiger partial charge in [0, 0.05) is 32.0 Å². The fraction of sp³-hybridized carbons (Fsp3) is 0.333. The average Bonchev–Trinajstić information content (AvgIpc) is 2.56. The van der Waals surface area contributed by atoms with E-state index in [1.165, 1.54) is 12.0 Å². The SMILES string of the molecule is COCC(c1ccccn1)N(C)C(=O)Cc1cc(=O)[nH][nH]c1=O. The third-order valence-electron chi connectivity index (χ3n) is 3.45. The van der Waals surface area contributed by atoms with Gasteiger partial charge in [-0.1, -0.05) is 6.07 Å². The summed E-state index contributed by atoms with van der Waals surface area (Å²) in [5, 5.41) is 4.36. The first-order chi connectivity index (χ1) is 11.0. The lowest BCUT2D eigenvalue weighted by atomic mass is 10.1. The Morgan fingerprint density at radius 1 is 1.35 bits per heavy atom. The van der Waals surface area contributed by atoms with Gasteiger partial charge in [-0.25, -0.2) is 0 Å². The number of aromatic amines is 2. The van der Waals surface area contributed by atoms with E-state index >= 15 is 0 Å². The van der Waals surface area contributed by atoms with Crippen molar-refractivity contribution in [1.29, 1.82) is 0 Å². The van der Waals surface area contributed by atoms with E-state index in [0.29, 0.717) is 5.69 Å². The van der Waals surface area contributed by atoms with E-state index in [0.717, 1.165) is 6.07 Å². The van der Waals surface area contributed by atoms with Crippen molar-refractivity contribution >= 4 is 5.91 Å². The number of amides is 1. The number of likely N-dealkylation sites (N-methyl/N-ethyl adjacent to an activating group) is 1. The Kier molecular flexibility index (Phi) is 5.42. The largest absolute Gasteiger partial charge is 0.382 e. The van der Waals surface area contributed by atoms with Gasteiger partial charge in [-0.2, -0.15) is 0 Å². The van der Waals surface area contributed by atoms with Gasteiger partial charge in [0.05, 0.1) is 24.8 Å². The Balaban J connectivity index is 2.21. The number of nitrogens with one attached hydrogen (secondary N) is 2. The highest BCUT2D eigenvalue weighted by molar-refractivity contribution is 5.78. The smallest absolute Gasteiger partial charge is 0.266 e. The highest BCUT2D eigenvalue weighted by atomic mass is 16.5. The molecule has 122 valence electrons. The molecule has 2 rings (SSSR count). The van der Waals surface area contributed by atoms with E-state index in [-0.39, 0.29) is 30.5 Å². The van der Waals surface area contributed by atoms with E-state index in [2.05, 4.69) is 15.2 Å². The Labute approximate surface area is 132 Å². The maximum absolute atomic E-state index is 12.4. The number of H-pyrrole nitrogens is 2. The van der Waals surface area contributed by atoms with Crippen molar-refractivity contribution in [2.45, 2.75) is 12.5 Å². The van der Waals surface area contributed by atoms with Crippen molar-refractivity contribution in [2.75, 3.05) is 20.8 Å². The van der Waals surface area contributed by atoms with Gasteiger partial charge in [-0.15, -0.1) is 0 Å². The molecule has 0 aromatic carbocycles. The second kappa shape index (κ2) is 7.50. The van der Waals surface area contributed by atoms with Gasteiger partial charge < -0.3 is 9.64 Å². The van der Waals surface area contributed by atoms with Crippen molar-refractivity contribution in [3.63, 3.8) is 0 Å². The standard InChI is InChI=1S/C15H18N4O4/c1-19(12(9-23-2)11-5-3-4-6-16-11)14(21)8-10-7-13(20)17-18-15(10)22/h3-7,12H,8-9H2,1-2H3,(H,17,20)(H,18,22). The van der Waals surface area contributed by atoms with Crippen LogP contribution >= 0.6 is 0 Å². The summed E-state index contributed by atoms with van der Waals surface area (Å²) in [6.07, 6.45) is 1.46. The van der Waals surface area contributed by atoms with Crippen LogP contribution in [0.1, 0.15) is 17.3 Å². The highest BCUT2D eigenvalue weighted by Crippen LogP contribution is 2.18. The lowest BCUT2D eigenvalue weighted by Gasteiger charge is -2.27. The minimum Gasteiger partial charge on any atom is -0.382 e. The molecule has 1 amide bonds. The molecule has 0 aliphatic carbocycles. The van der Waals surface area contributed by atoms with Crippen LogP contribution in [-0.2, 0) is 16.0 Å². The number of pyridine rings is 1. The molecule has 23 heavy (non-hydrogen) atoms. The van der Waals surface area contributed by atoms with Crippen LogP contribution in [0.25, 0.3) is 0 Å². The Bertz CT molecular complexity index is 769. The van der Waals surface area contributed by atoms with Gasteiger partial charge >= 0.3 is 0 Å². The number of nitrogens with zero attached hydrogens (tertiary/aromatic N) is 2. The van der Waals surface area contributed by atoms with Gasteiger partial charge in [0.25, 0.3) is 11.1 Å². The van der Waals surface area contributed by atoms with Crippen LogP contribution in [0, 0.1) is 0 Å². The lowest BCUT2D eigenvalue weighted by molar-refractivity contribution is -0.132. The van der Waals surface area contributed by atoms with E-state index in [4.69, 9.17) is 4.74 Å². The van der Waals surface area contributed by atoms with Gasteiger partial charge in [0.1, 0.15) is 0 Å². The molecule has 0 aliphatic heterocycles. The fourth-order valence-electron chi connectivity index (χ4n) is 2.18. The molecule has 0 saturated carbocycles. The molecule has 0 fully saturated rings. The van der Waals surface area contributed by atoms with Crippen LogP contribution in [0.4, 0.5) is 0 Å². The van der Waals surface area contributed by atoms with Crippen molar-refractivity contribution in [1.82, 2.24) is 20.1 Å². The zero-order valence-electron chi connectivity index (χ0n) is 12.9. The number of carbonyl (C=O) groups is 1. The quantitative estimate of drug-likeness (QED) is 0.770. The van der Waals surface area contributed by atoms with Crippen molar-refractivity contribution in [3.05, 3.63) is 62.4 Å². The van der Waals surface area contributed by atoms with Gasteiger partial charge in [0.15, 0.2) is 0 Å². The zero-order chi connectivity index (χ0) is 16.8. The summed E-state index contributed by atoms with van der Waals surface area (Å²) < 4.78 is 5.17.